The van der Waals surface area contributed by atoms with Crippen molar-refractivity contribution in [2.75, 3.05) is 0 Å². The fourth-order valence-corrected chi connectivity index (χ4v) is 2.99. The van der Waals surface area contributed by atoms with Gasteiger partial charge in [-0.25, -0.2) is 0 Å². The van der Waals surface area contributed by atoms with Crippen LogP contribution in [0.2, 0.25) is 0 Å². The minimum Gasteiger partial charge on any atom is -0.507 e. The Morgan fingerprint density at radius 2 is 2.08 bits per heavy atom. The van der Waals surface area contributed by atoms with E-state index in [-0.39, 0.29) is 5.75 Å². The van der Waals surface area contributed by atoms with Crippen molar-refractivity contribution < 1.29 is 14.9 Å². The number of aliphatic hydroxyl groups is 1. The number of rotatable bonds is 8. The highest BCUT2D eigenvalue weighted by molar-refractivity contribution is 5.67. The molecule has 0 bridgehead atoms. The number of fused-ring (bicyclic) bond motifs is 1. The smallest absolute Gasteiger partial charge is 0.131 e. The molecule has 0 saturated heterocycles. The second-order valence-electron chi connectivity index (χ2n) is 7.13. The van der Waals surface area contributed by atoms with E-state index in [0.717, 1.165) is 35.3 Å². The average Bonchev–Trinajstić information content (AvgIpc) is 2.52. The molecule has 1 aliphatic heterocycles. The first-order chi connectivity index (χ1) is 11.3. The van der Waals surface area contributed by atoms with Gasteiger partial charge in [0.1, 0.15) is 17.1 Å². The number of aliphatic hydroxyl groups excluding tert-OH is 1. The van der Waals surface area contributed by atoms with Crippen molar-refractivity contribution in [1.29, 1.82) is 0 Å². The van der Waals surface area contributed by atoms with Gasteiger partial charge in [-0.15, -0.1) is 0 Å². The SMILES string of the molecule is C=C(C)[C@H](O)CC[C@]1(C)C=Cc2c(O)cc(CCCCC)cc2O1. The van der Waals surface area contributed by atoms with Crippen molar-refractivity contribution in [3.05, 3.63) is 41.5 Å². The van der Waals surface area contributed by atoms with Crippen LogP contribution in [0, 0.1) is 0 Å². The summed E-state index contributed by atoms with van der Waals surface area (Å²) in [6, 6.07) is 3.89. The van der Waals surface area contributed by atoms with Crippen LogP contribution in [0.5, 0.6) is 11.5 Å². The summed E-state index contributed by atoms with van der Waals surface area (Å²) in [6.45, 7) is 9.82. The topological polar surface area (TPSA) is 49.7 Å². The average molecular weight is 330 g/mol. The second-order valence-corrected chi connectivity index (χ2v) is 7.13. The van der Waals surface area contributed by atoms with E-state index >= 15 is 0 Å². The Morgan fingerprint density at radius 3 is 2.75 bits per heavy atom. The number of hydrogen-bond acceptors (Lipinski definition) is 3. The number of phenolic OH excluding ortho intramolecular Hbond substituents is 1. The zero-order valence-electron chi connectivity index (χ0n) is 15.1. The second kappa shape index (κ2) is 7.89. The van der Waals surface area contributed by atoms with Gasteiger partial charge < -0.3 is 14.9 Å². The van der Waals surface area contributed by atoms with Crippen LogP contribution < -0.4 is 4.74 Å². The first-order valence-corrected chi connectivity index (χ1v) is 8.92. The quantitative estimate of drug-likeness (QED) is 0.520. The highest BCUT2D eigenvalue weighted by Crippen LogP contribution is 2.39. The third kappa shape index (κ3) is 4.64. The first-order valence-electron chi connectivity index (χ1n) is 8.92. The first kappa shape index (κ1) is 18.6. The van der Waals surface area contributed by atoms with E-state index in [2.05, 4.69) is 13.5 Å². The van der Waals surface area contributed by atoms with Gasteiger partial charge in [0.05, 0.1) is 11.7 Å². The molecule has 0 unspecified atom stereocenters. The van der Waals surface area contributed by atoms with Gasteiger partial charge in [0.2, 0.25) is 0 Å². The molecule has 0 aliphatic carbocycles. The molecule has 1 heterocycles. The van der Waals surface area contributed by atoms with Crippen molar-refractivity contribution in [2.24, 2.45) is 0 Å². The highest BCUT2D eigenvalue weighted by atomic mass is 16.5. The van der Waals surface area contributed by atoms with E-state index in [4.69, 9.17) is 4.74 Å². The summed E-state index contributed by atoms with van der Waals surface area (Å²) in [5.41, 5.74) is 2.15. The Balaban J connectivity index is 2.11. The third-order valence-electron chi connectivity index (χ3n) is 4.68. The lowest BCUT2D eigenvalue weighted by Gasteiger charge is -2.33. The molecule has 0 saturated carbocycles. The minimum atomic E-state index is -0.506. The lowest BCUT2D eigenvalue weighted by molar-refractivity contribution is 0.101. The zero-order valence-corrected chi connectivity index (χ0v) is 15.1. The molecular formula is C21H30O3. The normalized spacial score (nSPS) is 20.3. The van der Waals surface area contributed by atoms with Gasteiger partial charge in [-0.05, 0) is 69.4 Å². The predicted octanol–water partition coefficient (Wildman–Crippen LogP) is 5.01. The van der Waals surface area contributed by atoms with Crippen molar-refractivity contribution in [1.82, 2.24) is 0 Å². The molecule has 2 N–H and O–H groups in total. The molecule has 1 aliphatic rings. The molecule has 0 spiro atoms. The fraction of sp³-hybridized carbons (Fsp3) is 0.524. The predicted molar refractivity (Wildman–Crippen MR) is 99.5 cm³/mol. The summed E-state index contributed by atoms with van der Waals surface area (Å²) in [6.07, 6.45) is 9.13. The van der Waals surface area contributed by atoms with Gasteiger partial charge in [-0.3, -0.25) is 0 Å². The maximum absolute atomic E-state index is 10.3. The molecule has 132 valence electrons. The third-order valence-corrected chi connectivity index (χ3v) is 4.68. The van der Waals surface area contributed by atoms with Gasteiger partial charge in [0.15, 0.2) is 0 Å². The summed E-state index contributed by atoms with van der Waals surface area (Å²) in [5, 5.41) is 20.2. The van der Waals surface area contributed by atoms with Crippen molar-refractivity contribution in [3.63, 3.8) is 0 Å². The van der Waals surface area contributed by atoms with Crippen LogP contribution in [-0.4, -0.2) is 21.9 Å². The molecule has 1 aromatic rings. The monoisotopic (exact) mass is 330 g/mol. The molecule has 1 aromatic carbocycles. The number of benzene rings is 1. The minimum absolute atomic E-state index is 0.277. The maximum atomic E-state index is 10.3. The van der Waals surface area contributed by atoms with Crippen molar-refractivity contribution in [2.45, 2.75) is 71.0 Å². The van der Waals surface area contributed by atoms with E-state index in [9.17, 15) is 10.2 Å². The van der Waals surface area contributed by atoms with Gasteiger partial charge in [-0.1, -0.05) is 31.9 Å². The van der Waals surface area contributed by atoms with Gasteiger partial charge >= 0.3 is 0 Å². The fourth-order valence-electron chi connectivity index (χ4n) is 2.99. The number of phenols is 1. The lowest BCUT2D eigenvalue weighted by Crippen LogP contribution is -2.33. The lowest BCUT2D eigenvalue weighted by atomic mass is 9.91. The summed E-state index contributed by atoms with van der Waals surface area (Å²) < 4.78 is 6.19. The maximum Gasteiger partial charge on any atom is 0.131 e. The Morgan fingerprint density at radius 1 is 1.33 bits per heavy atom. The van der Waals surface area contributed by atoms with Crippen LogP contribution in [0.25, 0.3) is 6.08 Å². The molecular weight excluding hydrogens is 300 g/mol. The number of aromatic hydroxyl groups is 1. The Kier molecular flexibility index (Phi) is 6.11. The highest BCUT2D eigenvalue weighted by Gasteiger charge is 2.29. The molecule has 3 nitrogen and oxygen atoms in total. The number of aryl methyl sites for hydroxylation is 1. The standard InChI is InChI=1S/C21H30O3/c1-5-6-7-8-16-13-19(23)17-9-11-21(4,24-20(17)14-16)12-10-18(22)15(2)3/h9,11,13-14,18,22-23H,2,5-8,10,12H2,1,3-4H3/t18-,21+/m1/s1. The van der Waals surface area contributed by atoms with Crippen LogP contribution in [0.1, 0.15) is 64.0 Å². The van der Waals surface area contributed by atoms with Crippen LogP contribution in [-0.2, 0) is 6.42 Å². The van der Waals surface area contributed by atoms with Crippen molar-refractivity contribution >= 4 is 6.08 Å². The van der Waals surface area contributed by atoms with Crippen molar-refractivity contribution in [3.8, 4) is 11.5 Å². The largest absolute Gasteiger partial charge is 0.507 e. The number of hydrogen-bond donors (Lipinski definition) is 2. The van der Waals surface area contributed by atoms with Gasteiger partial charge in [-0.2, -0.15) is 0 Å². The molecule has 24 heavy (non-hydrogen) atoms. The summed E-state index contributed by atoms with van der Waals surface area (Å²) in [7, 11) is 0. The Labute approximate surface area is 145 Å². The van der Waals surface area contributed by atoms with Gasteiger partial charge in [0.25, 0.3) is 0 Å². The van der Waals surface area contributed by atoms with Crippen LogP contribution >= 0.6 is 0 Å². The van der Waals surface area contributed by atoms with E-state index in [1.54, 1.807) is 0 Å². The summed E-state index contributed by atoms with van der Waals surface area (Å²) in [5.74, 6) is 1.01. The Hall–Kier alpha value is -1.74. The van der Waals surface area contributed by atoms with E-state index in [1.165, 1.54) is 12.8 Å². The van der Waals surface area contributed by atoms with Gasteiger partial charge in [0, 0.05) is 0 Å². The molecule has 0 amide bonds. The number of ether oxygens (including phenoxy) is 1. The summed E-state index contributed by atoms with van der Waals surface area (Å²) >= 11 is 0. The van der Waals surface area contributed by atoms with E-state index in [1.807, 2.05) is 38.1 Å². The molecule has 3 heteroatoms. The zero-order chi connectivity index (χ0) is 17.7. The van der Waals surface area contributed by atoms with Crippen LogP contribution in [0.4, 0.5) is 0 Å². The molecule has 0 fully saturated rings. The van der Waals surface area contributed by atoms with Crippen LogP contribution in [0.3, 0.4) is 0 Å². The van der Waals surface area contributed by atoms with Crippen LogP contribution in [0.15, 0.2) is 30.4 Å². The molecule has 0 radical (unpaired) electrons. The number of unbranched alkanes of at least 4 members (excludes halogenated alkanes) is 2. The molecule has 2 atom stereocenters. The Bertz CT molecular complexity index is 618. The van der Waals surface area contributed by atoms with E-state index < -0.39 is 11.7 Å². The van der Waals surface area contributed by atoms with E-state index in [0.29, 0.717) is 12.8 Å². The molecule has 2 rings (SSSR count). The summed E-state index contributed by atoms with van der Waals surface area (Å²) in [4.78, 5) is 0. The molecule has 0 aromatic heterocycles.